The molecule has 0 unspecified atom stereocenters. The molecule has 6 rings (SSSR count). The number of rotatable bonds is 7. The zero-order valence-electron chi connectivity index (χ0n) is 20.2. The second-order valence-corrected chi connectivity index (χ2v) is 10.9. The summed E-state index contributed by atoms with van der Waals surface area (Å²) in [4.78, 5) is 40.2. The molecule has 1 N–H and O–H groups in total. The highest BCUT2D eigenvalue weighted by molar-refractivity contribution is 14.1. The van der Waals surface area contributed by atoms with Crippen molar-refractivity contribution in [2.45, 2.75) is 37.8 Å². The number of hydrogen-bond donors (Lipinski definition) is 1. The van der Waals surface area contributed by atoms with Gasteiger partial charge in [-0.05, 0) is 78.6 Å². The highest BCUT2D eigenvalue weighted by Crippen LogP contribution is 2.38. The number of aromatic nitrogens is 3. The van der Waals surface area contributed by atoms with Crippen LogP contribution in [-0.4, -0.2) is 26.8 Å². The van der Waals surface area contributed by atoms with Crippen LogP contribution in [0, 0.1) is 15.2 Å². The second-order valence-electron chi connectivity index (χ2n) is 9.65. The number of halogens is 3. The molecule has 2 saturated carbocycles. The summed E-state index contributed by atoms with van der Waals surface area (Å²) in [6.45, 7) is 0. The molecular formula is C27H22F2IN5O3. The smallest absolute Gasteiger partial charge is 0.289 e. The lowest BCUT2D eigenvalue weighted by Crippen LogP contribution is -2.30. The third kappa shape index (κ3) is 4.18. The third-order valence-corrected chi connectivity index (χ3v) is 7.61. The van der Waals surface area contributed by atoms with Gasteiger partial charge in [0, 0.05) is 27.9 Å². The van der Waals surface area contributed by atoms with E-state index in [4.69, 9.17) is 0 Å². The lowest BCUT2D eigenvalue weighted by molar-refractivity contribution is -0.107. The van der Waals surface area contributed by atoms with E-state index in [0.29, 0.717) is 20.5 Å². The SMILES string of the molecule is Cn1c(=O)c(F)c(Nc2ccc(I)cc2F)c2c(=O)n(C3CC3)nc(-c3cccc(N(C=O)C4CC4)c3)c21. The summed E-state index contributed by atoms with van der Waals surface area (Å²) >= 11 is 1.95. The fourth-order valence-corrected chi connectivity index (χ4v) is 5.13. The highest BCUT2D eigenvalue weighted by Gasteiger charge is 2.32. The van der Waals surface area contributed by atoms with Crippen LogP contribution in [0.1, 0.15) is 31.7 Å². The molecule has 0 aliphatic heterocycles. The molecule has 2 fully saturated rings. The van der Waals surface area contributed by atoms with Crippen molar-refractivity contribution in [1.29, 1.82) is 0 Å². The van der Waals surface area contributed by atoms with Gasteiger partial charge < -0.3 is 14.8 Å². The number of benzene rings is 2. The van der Waals surface area contributed by atoms with Crippen LogP contribution in [0.25, 0.3) is 22.2 Å². The zero-order chi connectivity index (χ0) is 26.7. The van der Waals surface area contributed by atoms with Gasteiger partial charge in [0.1, 0.15) is 11.5 Å². The number of fused-ring (bicyclic) bond motifs is 1. The van der Waals surface area contributed by atoms with E-state index in [9.17, 15) is 18.8 Å². The Morgan fingerprint density at radius 1 is 1.08 bits per heavy atom. The fraction of sp³-hybridized carbons (Fsp3) is 0.259. The van der Waals surface area contributed by atoms with Crippen molar-refractivity contribution in [1.82, 2.24) is 14.3 Å². The van der Waals surface area contributed by atoms with Gasteiger partial charge >= 0.3 is 0 Å². The number of carbonyl (C=O) groups excluding carboxylic acids is 1. The van der Waals surface area contributed by atoms with Gasteiger partial charge in [0.05, 0.1) is 28.3 Å². The first-order valence-corrected chi connectivity index (χ1v) is 13.3. The molecular weight excluding hydrogens is 607 g/mol. The number of hydrogen-bond acceptors (Lipinski definition) is 5. The molecule has 38 heavy (non-hydrogen) atoms. The van der Waals surface area contributed by atoms with E-state index in [1.54, 1.807) is 35.2 Å². The first-order chi connectivity index (χ1) is 18.3. The second kappa shape index (κ2) is 9.29. The Kier molecular flexibility index (Phi) is 6.04. The van der Waals surface area contributed by atoms with Gasteiger partial charge in [-0.3, -0.25) is 14.4 Å². The molecule has 0 saturated heterocycles. The quantitative estimate of drug-likeness (QED) is 0.234. The summed E-state index contributed by atoms with van der Waals surface area (Å²) in [6.07, 6.45) is 4.09. The molecule has 0 bridgehead atoms. The van der Waals surface area contributed by atoms with E-state index in [0.717, 1.165) is 36.7 Å². The van der Waals surface area contributed by atoms with Crippen LogP contribution in [0.2, 0.25) is 0 Å². The standard InChI is InChI=1S/C27H22F2IN5O3/c1-33-25-21(24(22(29)27(33)38)31-20-10-5-15(30)12-19(20)28)26(37)35(17-8-9-17)32-23(25)14-3-2-4-18(11-14)34(13-36)16-6-7-16/h2-5,10-13,16-17,31H,6-9H2,1H3. The Morgan fingerprint density at radius 2 is 1.84 bits per heavy atom. The summed E-state index contributed by atoms with van der Waals surface area (Å²) in [5.41, 5.74) is -0.391. The maximum Gasteiger partial charge on any atom is 0.289 e. The predicted molar refractivity (Wildman–Crippen MR) is 149 cm³/mol. The highest BCUT2D eigenvalue weighted by atomic mass is 127. The van der Waals surface area contributed by atoms with Crippen LogP contribution in [-0.2, 0) is 11.8 Å². The number of anilines is 3. The van der Waals surface area contributed by atoms with E-state index in [1.807, 2.05) is 22.6 Å². The predicted octanol–water partition coefficient (Wildman–Crippen LogP) is 4.85. The lowest BCUT2D eigenvalue weighted by Gasteiger charge is -2.20. The Morgan fingerprint density at radius 3 is 2.50 bits per heavy atom. The number of nitrogens with one attached hydrogen (secondary N) is 1. The fourth-order valence-electron chi connectivity index (χ4n) is 4.68. The third-order valence-electron chi connectivity index (χ3n) is 6.94. The van der Waals surface area contributed by atoms with Crippen molar-refractivity contribution in [3.05, 3.63) is 78.4 Å². The first-order valence-electron chi connectivity index (χ1n) is 12.2. The van der Waals surface area contributed by atoms with Gasteiger partial charge in [0.25, 0.3) is 11.1 Å². The molecule has 2 aromatic carbocycles. The molecule has 11 heteroatoms. The first kappa shape index (κ1) is 24.7. The molecule has 2 aliphatic carbocycles. The molecule has 0 atom stereocenters. The van der Waals surface area contributed by atoms with E-state index in [-0.39, 0.29) is 28.7 Å². The number of pyridine rings is 1. The van der Waals surface area contributed by atoms with Crippen molar-refractivity contribution >= 4 is 57.0 Å². The molecule has 194 valence electrons. The number of nitrogens with zero attached hydrogens (tertiary/aromatic N) is 4. The molecule has 2 aliphatic rings. The Hall–Kier alpha value is -3.61. The number of carbonyl (C=O) groups is 1. The molecule has 1 amide bonds. The molecule has 8 nitrogen and oxygen atoms in total. The maximum absolute atomic E-state index is 15.5. The van der Waals surface area contributed by atoms with Crippen LogP contribution < -0.4 is 21.3 Å². The topological polar surface area (TPSA) is 89.2 Å². The monoisotopic (exact) mass is 629 g/mol. The zero-order valence-corrected chi connectivity index (χ0v) is 22.4. The minimum Gasteiger partial charge on any atom is -0.350 e. The molecule has 0 spiro atoms. The van der Waals surface area contributed by atoms with Gasteiger partial charge in [-0.15, -0.1) is 0 Å². The summed E-state index contributed by atoms with van der Waals surface area (Å²) in [6, 6.07) is 11.4. The van der Waals surface area contributed by atoms with E-state index >= 15 is 4.39 Å². The van der Waals surface area contributed by atoms with Crippen LogP contribution in [0.3, 0.4) is 0 Å². The summed E-state index contributed by atoms with van der Waals surface area (Å²) in [5.74, 6) is -1.84. The van der Waals surface area contributed by atoms with Crippen LogP contribution in [0.15, 0.2) is 52.1 Å². The van der Waals surface area contributed by atoms with Gasteiger partial charge in [-0.25, -0.2) is 9.07 Å². The molecule has 0 radical (unpaired) electrons. The van der Waals surface area contributed by atoms with Crippen molar-refractivity contribution in [2.75, 3.05) is 10.2 Å². The maximum atomic E-state index is 15.5. The van der Waals surface area contributed by atoms with Crippen LogP contribution >= 0.6 is 22.6 Å². The van der Waals surface area contributed by atoms with Gasteiger partial charge in [0.15, 0.2) is 0 Å². The average Bonchev–Trinajstić information content (AvgIpc) is 3.82. The van der Waals surface area contributed by atoms with E-state index < -0.39 is 28.4 Å². The number of amides is 1. The van der Waals surface area contributed by atoms with E-state index in [2.05, 4.69) is 10.4 Å². The Labute approximate surface area is 229 Å². The largest absolute Gasteiger partial charge is 0.350 e. The van der Waals surface area contributed by atoms with Gasteiger partial charge in [-0.1, -0.05) is 12.1 Å². The number of aryl methyl sites for hydroxylation is 1. The normalized spacial score (nSPS) is 15.1. The minimum atomic E-state index is -1.19. The van der Waals surface area contributed by atoms with Gasteiger partial charge in [0.2, 0.25) is 12.2 Å². The van der Waals surface area contributed by atoms with Crippen molar-refractivity contribution in [3.63, 3.8) is 0 Å². The molecule has 4 aromatic rings. The van der Waals surface area contributed by atoms with Crippen LogP contribution in [0.4, 0.5) is 25.8 Å². The summed E-state index contributed by atoms with van der Waals surface area (Å²) in [7, 11) is 1.38. The van der Waals surface area contributed by atoms with Gasteiger partial charge in [-0.2, -0.15) is 9.49 Å². The summed E-state index contributed by atoms with van der Waals surface area (Å²) in [5, 5.41) is 7.23. The van der Waals surface area contributed by atoms with Crippen molar-refractivity contribution < 1.29 is 13.6 Å². The molecule has 2 heterocycles. The summed E-state index contributed by atoms with van der Waals surface area (Å²) < 4.78 is 33.3. The Bertz CT molecular complexity index is 1740. The Balaban J connectivity index is 1.64. The van der Waals surface area contributed by atoms with Crippen LogP contribution in [0.5, 0.6) is 0 Å². The lowest BCUT2D eigenvalue weighted by atomic mass is 10.1. The van der Waals surface area contributed by atoms with Crippen molar-refractivity contribution in [3.8, 4) is 11.3 Å². The minimum absolute atomic E-state index is 0.0670. The average molecular weight is 629 g/mol. The van der Waals surface area contributed by atoms with E-state index in [1.165, 1.54) is 23.9 Å². The molecule has 2 aromatic heterocycles. The van der Waals surface area contributed by atoms with Crippen molar-refractivity contribution in [2.24, 2.45) is 7.05 Å².